The molecular formula is C24H23Cl2NO5. The summed E-state index contributed by atoms with van der Waals surface area (Å²) in [5, 5.41) is 1.75. The molecule has 168 valence electrons. The molecule has 0 unspecified atom stereocenters. The molecule has 0 spiro atoms. The molecule has 1 fully saturated rings. The minimum absolute atomic E-state index is 0.133. The van der Waals surface area contributed by atoms with Crippen LogP contribution in [0.4, 0.5) is 0 Å². The van der Waals surface area contributed by atoms with E-state index in [1.54, 1.807) is 26.2 Å². The third-order valence-electron chi connectivity index (χ3n) is 5.77. The SMILES string of the molecule is CCOC(=O)c1c([C@@H]2C[C@H]2C(=O)OC)c2cc(OC)ccc2n1Cc1ccc(Cl)c(Cl)c1. The molecule has 0 saturated heterocycles. The second-order valence-corrected chi connectivity index (χ2v) is 8.49. The van der Waals surface area contributed by atoms with Crippen LogP contribution in [0.1, 0.15) is 40.9 Å². The number of hydrogen-bond donors (Lipinski definition) is 0. The van der Waals surface area contributed by atoms with Crippen molar-refractivity contribution in [3.8, 4) is 5.75 Å². The molecule has 0 N–H and O–H groups in total. The van der Waals surface area contributed by atoms with Crippen molar-refractivity contribution in [1.29, 1.82) is 0 Å². The highest BCUT2D eigenvalue weighted by Crippen LogP contribution is 2.52. The minimum Gasteiger partial charge on any atom is -0.497 e. The van der Waals surface area contributed by atoms with Crippen LogP contribution >= 0.6 is 23.2 Å². The minimum atomic E-state index is -0.437. The number of fused-ring (bicyclic) bond motifs is 1. The van der Waals surface area contributed by atoms with E-state index < -0.39 is 5.97 Å². The van der Waals surface area contributed by atoms with Crippen LogP contribution in [0, 0.1) is 5.92 Å². The van der Waals surface area contributed by atoms with Crippen molar-refractivity contribution in [3.05, 3.63) is 63.3 Å². The molecule has 1 aliphatic rings. The van der Waals surface area contributed by atoms with E-state index in [-0.39, 0.29) is 24.4 Å². The van der Waals surface area contributed by atoms with Crippen LogP contribution in [0.3, 0.4) is 0 Å². The summed E-state index contributed by atoms with van der Waals surface area (Å²) >= 11 is 12.3. The van der Waals surface area contributed by atoms with Gasteiger partial charge in [-0.1, -0.05) is 29.3 Å². The second-order valence-electron chi connectivity index (χ2n) is 7.67. The Bertz CT molecular complexity index is 1200. The van der Waals surface area contributed by atoms with Crippen molar-refractivity contribution in [2.75, 3.05) is 20.8 Å². The van der Waals surface area contributed by atoms with E-state index in [1.807, 2.05) is 28.8 Å². The zero-order chi connectivity index (χ0) is 23.0. The summed E-state index contributed by atoms with van der Waals surface area (Å²) in [4.78, 5) is 25.4. The van der Waals surface area contributed by atoms with E-state index >= 15 is 0 Å². The molecule has 2 atom stereocenters. The lowest BCUT2D eigenvalue weighted by atomic mass is 10.0. The van der Waals surface area contributed by atoms with Gasteiger partial charge >= 0.3 is 11.9 Å². The number of halogens is 2. The normalized spacial score (nSPS) is 17.3. The average molecular weight is 476 g/mol. The third kappa shape index (κ3) is 4.05. The standard InChI is InChI=1S/C24H23Cl2NO5/c1-4-32-24(29)22-21(15-11-16(15)23(28)31-3)17-10-14(30-2)6-8-20(17)27(22)12-13-5-7-18(25)19(26)9-13/h5-10,15-16H,4,11-12H2,1-3H3/t15-,16-/m1/s1. The first-order valence-electron chi connectivity index (χ1n) is 10.3. The van der Waals surface area contributed by atoms with E-state index in [1.165, 1.54) is 7.11 Å². The van der Waals surface area contributed by atoms with Crippen molar-refractivity contribution in [3.63, 3.8) is 0 Å². The van der Waals surface area contributed by atoms with Gasteiger partial charge < -0.3 is 18.8 Å². The Balaban J connectivity index is 1.92. The maximum atomic E-state index is 13.2. The van der Waals surface area contributed by atoms with Gasteiger partial charge in [-0.05, 0) is 54.8 Å². The molecule has 3 aromatic rings. The molecule has 32 heavy (non-hydrogen) atoms. The zero-order valence-electron chi connectivity index (χ0n) is 18.0. The summed E-state index contributed by atoms with van der Waals surface area (Å²) in [6, 6.07) is 11.0. The van der Waals surface area contributed by atoms with Crippen LogP contribution in [0.15, 0.2) is 36.4 Å². The fourth-order valence-corrected chi connectivity index (χ4v) is 4.51. The first-order chi connectivity index (χ1) is 15.4. The maximum Gasteiger partial charge on any atom is 0.355 e. The Morgan fingerprint density at radius 1 is 1.09 bits per heavy atom. The highest BCUT2D eigenvalue weighted by molar-refractivity contribution is 6.42. The summed E-state index contributed by atoms with van der Waals surface area (Å²) in [6.45, 7) is 2.38. The molecule has 4 rings (SSSR count). The topological polar surface area (TPSA) is 66.8 Å². The van der Waals surface area contributed by atoms with E-state index in [0.717, 1.165) is 22.0 Å². The first kappa shape index (κ1) is 22.5. The monoisotopic (exact) mass is 475 g/mol. The maximum absolute atomic E-state index is 13.2. The highest BCUT2D eigenvalue weighted by atomic mass is 35.5. The van der Waals surface area contributed by atoms with Gasteiger partial charge in [0.25, 0.3) is 0 Å². The molecular weight excluding hydrogens is 453 g/mol. The molecule has 8 heteroatoms. The zero-order valence-corrected chi connectivity index (χ0v) is 19.5. The summed E-state index contributed by atoms with van der Waals surface area (Å²) in [7, 11) is 2.97. The van der Waals surface area contributed by atoms with Crippen LogP contribution < -0.4 is 4.74 Å². The number of ether oxygens (including phenoxy) is 3. The molecule has 1 heterocycles. The Hall–Kier alpha value is -2.70. The Labute approximate surface area is 196 Å². The van der Waals surface area contributed by atoms with Crippen molar-refractivity contribution in [1.82, 2.24) is 4.57 Å². The lowest BCUT2D eigenvalue weighted by Crippen LogP contribution is -2.15. The molecule has 1 saturated carbocycles. The predicted octanol–water partition coefficient (Wildman–Crippen LogP) is 5.46. The Morgan fingerprint density at radius 3 is 2.53 bits per heavy atom. The Kier molecular flexibility index (Phi) is 6.35. The molecule has 0 bridgehead atoms. The van der Waals surface area contributed by atoms with Crippen LogP contribution in [0.25, 0.3) is 10.9 Å². The lowest BCUT2D eigenvalue weighted by molar-refractivity contribution is -0.142. The van der Waals surface area contributed by atoms with E-state index in [4.69, 9.17) is 37.4 Å². The van der Waals surface area contributed by atoms with Gasteiger partial charge in [-0.15, -0.1) is 0 Å². The number of esters is 2. The largest absolute Gasteiger partial charge is 0.497 e. The summed E-state index contributed by atoms with van der Waals surface area (Å²) in [5.74, 6) is -0.475. The fourth-order valence-electron chi connectivity index (χ4n) is 4.19. The van der Waals surface area contributed by atoms with Crippen molar-refractivity contribution < 1.29 is 23.8 Å². The molecule has 6 nitrogen and oxygen atoms in total. The van der Waals surface area contributed by atoms with Gasteiger partial charge in [0.2, 0.25) is 0 Å². The van der Waals surface area contributed by atoms with Crippen LogP contribution in [0.2, 0.25) is 10.0 Å². The van der Waals surface area contributed by atoms with Crippen LogP contribution in [-0.4, -0.2) is 37.3 Å². The molecule has 1 aliphatic carbocycles. The van der Waals surface area contributed by atoms with Gasteiger partial charge in [-0.3, -0.25) is 4.79 Å². The fraction of sp³-hybridized carbons (Fsp3) is 0.333. The first-order valence-corrected chi connectivity index (χ1v) is 11.0. The predicted molar refractivity (Wildman–Crippen MR) is 123 cm³/mol. The van der Waals surface area contributed by atoms with E-state index in [2.05, 4.69) is 0 Å². The third-order valence-corrected chi connectivity index (χ3v) is 6.51. The number of benzene rings is 2. The van der Waals surface area contributed by atoms with Crippen LogP contribution in [0.5, 0.6) is 5.75 Å². The summed E-state index contributed by atoms with van der Waals surface area (Å²) in [6.07, 6.45) is 0.613. The van der Waals surface area contributed by atoms with E-state index in [0.29, 0.717) is 34.5 Å². The highest BCUT2D eigenvalue weighted by Gasteiger charge is 2.48. The number of methoxy groups -OCH3 is 2. The number of nitrogens with zero attached hydrogens (tertiary/aromatic N) is 1. The average Bonchev–Trinajstić information content (AvgIpc) is 3.52. The lowest BCUT2D eigenvalue weighted by Gasteiger charge is -2.12. The van der Waals surface area contributed by atoms with Gasteiger partial charge in [-0.2, -0.15) is 0 Å². The summed E-state index contributed by atoms with van der Waals surface area (Å²) in [5.41, 5.74) is 2.93. The van der Waals surface area contributed by atoms with Crippen molar-refractivity contribution in [2.45, 2.75) is 25.8 Å². The van der Waals surface area contributed by atoms with Gasteiger partial charge in [0, 0.05) is 23.4 Å². The van der Waals surface area contributed by atoms with Crippen molar-refractivity contribution in [2.24, 2.45) is 5.92 Å². The molecule has 1 aromatic heterocycles. The second kappa shape index (κ2) is 9.04. The van der Waals surface area contributed by atoms with Gasteiger partial charge in [0.05, 0.1) is 36.8 Å². The number of carbonyl (C=O) groups excluding carboxylic acids is 2. The van der Waals surface area contributed by atoms with Crippen LogP contribution in [-0.2, 0) is 20.8 Å². The molecule has 0 radical (unpaired) electrons. The quantitative estimate of drug-likeness (QED) is 0.424. The molecule has 0 amide bonds. The Morgan fingerprint density at radius 2 is 1.88 bits per heavy atom. The molecule has 2 aromatic carbocycles. The van der Waals surface area contributed by atoms with Gasteiger partial charge in [0.1, 0.15) is 11.4 Å². The number of hydrogen-bond acceptors (Lipinski definition) is 5. The molecule has 0 aliphatic heterocycles. The van der Waals surface area contributed by atoms with E-state index in [9.17, 15) is 9.59 Å². The van der Waals surface area contributed by atoms with Gasteiger partial charge in [-0.25, -0.2) is 4.79 Å². The summed E-state index contributed by atoms with van der Waals surface area (Å²) < 4.78 is 17.7. The van der Waals surface area contributed by atoms with Gasteiger partial charge in [0.15, 0.2) is 0 Å². The number of rotatable bonds is 7. The number of carbonyl (C=O) groups is 2. The number of aromatic nitrogens is 1. The smallest absolute Gasteiger partial charge is 0.355 e. The van der Waals surface area contributed by atoms with Crippen molar-refractivity contribution >= 4 is 46.0 Å².